The predicted octanol–water partition coefficient (Wildman–Crippen LogP) is 0.214. The predicted molar refractivity (Wildman–Crippen MR) is 55.9 cm³/mol. The molecule has 1 fully saturated rings. The van der Waals surface area contributed by atoms with Crippen molar-refractivity contribution in [1.82, 2.24) is 19.8 Å². The first-order valence-corrected chi connectivity index (χ1v) is 5.17. The summed E-state index contributed by atoms with van der Waals surface area (Å²) in [4.78, 5) is 6.78. The van der Waals surface area contributed by atoms with Crippen LogP contribution >= 0.6 is 0 Å². The number of nitrogens with zero attached hydrogens (tertiary/aromatic N) is 3. The first-order chi connectivity index (χ1) is 6.75. The third-order valence-corrected chi connectivity index (χ3v) is 2.74. The molecule has 78 valence electrons. The zero-order valence-electron chi connectivity index (χ0n) is 8.90. The monoisotopic (exact) mass is 194 g/mol. The van der Waals surface area contributed by atoms with Crippen molar-refractivity contribution in [3.05, 3.63) is 18.2 Å². The molecule has 0 amide bonds. The second-order valence-electron chi connectivity index (χ2n) is 4.04. The SMILES string of the molecule is C[C@@H]1CN(Cc2nccn2C)CCN1. The van der Waals surface area contributed by atoms with Gasteiger partial charge in [0.2, 0.25) is 0 Å². The van der Waals surface area contributed by atoms with Crippen molar-refractivity contribution in [3.63, 3.8) is 0 Å². The van der Waals surface area contributed by atoms with Gasteiger partial charge in [0.15, 0.2) is 0 Å². The van der Waals surface area contributed by atoms with E-state index >= 15 is 0 Å². The molecule has 2 heterocycles. The van der Waals surface area contributed by atoms with Crippen molar-refractivity contribution < 1.29 is 0 Å². The van der Waals surface area contributed by atoms with E-state index in [-0.39, 0.29) is 0 Å². The third-order valence-electron chi connectivity index (χ3n) is 2.74. The minimum atomic E-state index is 0.601. The molecule has 0 spiro atoms. The second kappa shape index (κ2) is 4.11. The number of piperazine rings is 1. The van der Waals surface area contributed by atoms with Crippen LogP contribution in [0.15, 0.2) is 12.4 Å². The molecule has 1 aliphatic rings. The molecule has 0 aliphatic carbocycles. The number of aryl methyl sites for hydroxylation is 1. The van der Waals surface area contributed by atoms with Gasteiger partial charge >= 0.3 is 0 Å². The van der Waals surface area contributed by atoms with E-state index in [1.54, 1.807) is 0 Å². The third kappa shape index (κ3) is 2.13. The normalized spacial score (nSPS) is 24.0. The Hall–Kier alpha value is -0.870. The summed E-state index contributed by atoms with van der Waals surface area (Å²) in [6.07, 6.45) is 3.86. The highest BCUT2D eigenvalue weighted by Crippen LogP contribution is 2.04. The largest absolute Gasteiger partial charge is 0.337 e. The van der Waals surface area contributed by atoms with E-state index in [1.807, 2.05) is 19.4 Å². The van der Waals surface area contributed by atoms with E-state index in [9.17, 15) is 0 Å². The van der Waals surface area contributed by atoms with Gasteiger partial charge in [-0.3, -0.25) is 4.90 Å². The maximum atomic E-state index is 4.34. The van der Waals surface area contributed by atoms with Crippen LogP contribution in [0.1, 0.15) is 12.7 Å². The number of hydrogen-bond acceptors (Lipinski definition) is 3. The van der Waals surface area contributed by atoms with E-state index in [2.05, 4.69) is 26.7 Å². The summed E-state index contributed by atoms with van der Waals surface area (Å²) < 4.78 is 2.09. The van der Waals surface area contributed by atoms with Crippen LogP contribution in [0.2, 0.25) is 0 Å². The Morgan fingerprint density at radius 3 is 3.14 bits per heavy atom. The number of imidazole rings is 1. The lowest BCUT2D eigenvalue weighted by atomic mass is 10.2. The minimum absolute atomic E-state index is 0.601. The molecular formula is C10H18N4. The summed E-state index contributed by atoms with van der Waals surface area (Å²) >= 11 is 0. The molecule has 1 aliphatic heterocycles. The highest BCUT2D eigenvalue weighted by atomic mass is 15.2. The zero-order chi connectivity index (χ0) is 9.97. The van der Waals surface area contributed by atoms with Gasteiger partial charge in [-0.15, -0.1) is 0 Å². The van der Waals surface area contributed by atoms with E-state index in [4.69, 9.17) is 0 Å². The van der Waals surface area contributed by atoms with Crippen molar-refractivity contribution in [2.45, 2.75) is 19.5 Å². The van der Waals surface area contributed by atoms with Crippen LogP contribution in [0.3, 0.4) is 0 Å². The molecule has 0 aromatic carbocycles. The number of hydrogen-bond donors (Lipinski definition) is 1. The van der Waals surface area contributed by atoms with Crippen molar-refractivity contribution in [2.75, 3.05) is 19.6 Å². The molecule has 1 saturated heterocycles. The van der Waals surface area contributed by atoms with Gasteiger partial charge < -0.3 is 9.88 Å². The molecule has 1 aromatic rings. The van der Waals surface area contributed by atoms with Gasteiger partial charge in [-0.2, -0.15) is 0 Å². The van der Waals surface area contributed by atoms with Crippen LogP contribution in [0.5, 0.6) is 0 Å². The molecule has 1 atom stereocenters. The molecule has 0 saturated carbocycles. The Kier molecular flexibility index (Phi) is 2.84. The van der Waals surface area contributed by atoms with Gasteiger partial charge in [0, 0.05) is 45.1 Å². The van der Waals surface area contributed by atoms with E-state index < -0.39 is 0 Å². The molecule has 1 N–H and O–H groups in total. The number of rotatable bonds is 2. The summed E-state index contributed by atoms with van der Waals surface area (Å²) in [6.45, 7) is 6.52. The lowest BCUT2D eigenvalue weighted by Crippen LogP contribution is -2.48. The average molecular weight is 194 g/mol. The fourth-order valence-corrected chi connectivity index (χ4v) is 1.90. The Bertz CT molecular complexity index is 294. The Morgan fingerprint density at radius 2 is 2.50 bits per heavy atom. The van der Waals surface area contributed by atoms with Crippen molar-refractivity contribution >= 4 is 0 Å². The first kappa shape index (κ1) is 9.68. The Labute approximate surface area is 84.9 Å². The molecule has 1 aromatic heterocycles. The summed E-state index contributed by atoms with van der Waals surface area (Å²) in [7, 11) is 2.05. The molecule has 14 heavy (non-hydrogen) atoms. The molecule has 2 rings (SSSR count). The van der Waals surface area contributed by atoms with Crippen molar-refractivity contribution in [3.8, 4) is 0 Å². The zero-order valence-corrected chi connectivity index (χ0v) is 8.90. The van der Waals surface area contributed by atoms with Crippen LogP contribution in [0, 0.1) is 0 Å². The quantitative estimate of drug-likeness (QED) is 0.731. The standard InChI is InChI=1S/C10H18N4/c1-9-7-14(6-4-11-9)8-10-12-3-5-13(10)2/h3,5,9,11H,4,6-8H2,1-2H3/t9-/m1/s1. The topological polar surface area (TPSA) is 33.1 Å². The van der Waals surface area contributed by atoms with Crippen LogP contribution in [-0.4, -0.2) is 40.1 Å². The van der Waals surface area contributed by atoms with Gasteiger partial charge in [0.05, 0.1) is 6.54 Å². The highest BCUT2D eigenvalue weighted by Gasteiger charge is 2.16. The number of nitrogens with one attached hydrogen (secondary N) is 1. The van der Waals surface area contributed by atoms with Gasteiger partial charge in [0.25, 0.3) is 0 Å². The van der Waals surface area contributed by atoms with Gasteiger partial charge in [-0.25, -0.2) is 4.98 Å². The lowest BCUT2D eigenvalue weighted by molar-refractivity contribution is 0.194. The van der Waals surface area contributed by atoms with Gasteiger partial charge in [-0.05, 0) is 6.92 Å². The smallest absolute Gasteiger partial charge is 0.122 e. The minimum Gasteiger partial charge on any atom is -0.337 e. The van der Waals surface area contributed by atoms with E-state index in [0.29, 0.717) is 6.04 Å². The molecule has 4 nitrogen and oxygen atoms in total. The summed E-state index contributed by atoms with van der Waals surface area (Å²) in [6, 6.07) is 0.601. The maximum absolute atomic E-state index is 4.34. The van der Waals surface area contributed by atoms with Gasteiger partial charge in [-0.1, -0.05) is 0 Å². The molecule has 0 radical (unpaired) electrons. The summed E-state index contributed by atoms with van der Waals surface area (Å²) in [5.74, 6) is 1.15. The van der Waals surface area contributed by atoms with Crippen LogP contribution in [0.25, 0.3) is 0 Å². The van der Waals surface area contributed by atoms with Crippen molar-refractivity contribution in [2.24, 2.45) is 7.05 Å². The molecular weight excluding hydrogens is 176 g/mol. The Morgan fingerprint density at radius 1 is 1.64 bits per heavy atom. The highest BCUT2D eigenvalue weighted by molar-refractivity contribution is 4.92. The van der Waals surface area contributed by atoms with Crippen LogP contribution in [-0.2, 0) is 13.6 Å². The first-order valence-electron chi connectivity index (χ1n) is 5.17. The Balaban J connectivity index is 1.94. The van der Waals surface area contributed by atoms with E-state index in [0.717, 1.165) is 32.0 Å². The molecule has 0 unspecified atom stereocenters. The fourth-order valence-electron chi connectivity index (χ4n) is 1.90. The van der Waals surface area contributed by atoms with Crippen LogP contribution in [0.4, 0.5) is 0 Å². The number of aromatic nitrogens is 2. The molecule has 4 heteroatoms. The van der Waals surface area contributed by atoms with Crippen LogP contribution < -0.4 is 5.32 Å². The lowest BCUT2D eigenvalue weighted by Gasteiger charge is -2.31. The maximum Gasteiger partial charge on any atom is 0.122 e. The summed E-state index contributed by atoms with van der Waals surface area (Å²) in [5, 5.41) is 3.44. The second-order valence-corrected chi connectivity index (χ2v) is 4.04. The van der Waals surface area contributed by atoms with Gasteiger partial charge in [0.1, 0.15) is 5.82 Å². The fraction of sp³-hybridized carbons (Fsp3) is 0.700. The molecule has 0 bridgehead atoms. The summed E-state index contributed by atoms with van der Waals surface area (Å²) in [5.41, 5.74) is 0. The van der Waals surface area contributed by atoms with E-state index in [1.165, 1.54) is 0 Å². The average Bonchev–Trinajstić information content (AvgIpc) is 2.52. The van der Waals surface area contributed by atoms with Crippen molar-refractivity contribution in [1.29, 1.82) is 0 Å².